The molecule has 0 saturated heterocycles. The first-order chi connectivity index (χ1) is 7.29. The third-order valence-electron chi connectivity index (χ3n) is 3.33. The van der Waals surface area contributed by atoms with E-state index >= 15 is 0 Å². The molecule has 1 aromatic rings. The van der Waals surface area contributed by atoms with Gasteiger partial charge in [0.1, 0.15) is 0 Å². The van der Waals surface area contributed by atoms with Gasteiger partial charge in [0.15, 0.2) is 0 Å². The highest BCUT2D eigenvalue weighted by Gasteiger charge is 2.23. The quantitative estimate of drug-likeness (QED) is 0.799. The molecule has 1 aliphatic rings. The summed E-state index contributed by atoms with van der Waals surface area (Å²) in [5, 5.41) is 7.70. The monoisotopic (exact) mass is 205 g/mol. The van der Waals surface area contributed by atoms with Gasteiger partial charge < -0.3 is 5.32 Å². The van der Waals surface area contributed by atoms with Crippen molar-refractivity contribution < 1.29 is 0 Å². The Labute approximate surface area is 91.2 Å². The number of rotatable bonds is 5. The number of aromatic nitrogens is 2. The highest BCUT2D eigenvalue weighted by atomic mass is 15.2. The molecular weight excluding hydrogens is 186 g/mol. The van der Waals surface area contributed by atoms with Crippen LogP contribution < -0.4 is 5.32 Å². The van der Waals surface area contributed by atoms with Crippen LogP contribution in [0.25, 0.3) is 6.20 Å². The summed E-state index contributed by atoms with van der Waals surface area (Å²) in [5.41, 5.74) is 1.22. The lowest BCUT2D eigenvalue weighted by Crippen LogP contribution is -2.36. The van der Waals surface area contributed by atoms with Crippen molar-refractivity contribution in [2.24, 2.45) is 5.92 Å². The number of hydrogen-bond donors (Lipinski definition) is 1. The molecular formula is C12H19N3. The van der Waals surface area contributed by atoms with Crippen molar-refractivity contribution in [3.63, 3.8) is 0 Å². The summed E-state index contributed by atoms with van der Waals surface area (Å²) in [6, 6.07) is 0.630. The minimum Gasteiger partial charge on any atom is -0.310 e. The van der Waals surface area contributed by atoms with E-state index in [4.69, 9.17) is 0 Å². The summed E-state index contributed by atoms with van der Waals surface area (Å²) < 4.78 is 1.74. The third-order valence-corrected chi connectivity index (χ3v) is 3.33. The Bertz CT molecular complexity index is 325. The average molecular weight is 205 g/mol. The minimum absolute atomic E-state index is 0.630. The van der Waals surface area contributed by atoms with E-state index in [-0.39, 0.29) is 0 Å². The standard InChI is InChI=1S/C12H19N3/c1-3-15-9-11(8-14-15)7-13-10(2)12-5-4-6-12/h3,8-10,12-13H,1,4-7H2,2H3. The third kappa shape index (κ3) is 2.48. The summed E-state index contributed by atoms with van der Waals surface area (Å²) in [6.07, 6.45) is 9.79. The van der Waals surface area contributed by atoms with Gasteiger partial charge in [0, 0.05) is 30.5 Å². The molecule has 0 amide bonds. The first-order valence-electron chi connectivity index (χ1n) is 5.68. The zero-order chi connectivity index (χ0) is 10.7. The lowest BCUT2D eigenvalue weighted by Gasteiger charge is -2.31. The van der Waals surface area contributed by atoms with Crippen molar-refractivity contribution in [1.82, 2.24) is 15.1 Å². The summed E-state index contributed by atoms with van der Waals surface area (Å²) in [6.45, 7) is 6.86. The molecule has 1 aliphatic carbocycles. The Morgan fingerprint density at radius 2 is 2.53 bits per heavy atom. The molecule has 0 radical (unpaired) electrons. The maximum atomic E-state index is 4.15. The van der Waals surface area contributed by atoms with Gasteiger partial charge in [0.25, 0.3) is 0 Å². The summed E-state index contributed by atoms with van der Waals surface area (Å²) in [7, 11) is 0. The number of hydrogen-bond acceptors (Lipinski definition) is 2. The Kier molecular flexibility index (Phi) is 3.21. The molecule has 3 nitrogen and oxygen atoms in total. The van der Waals surface area contributed by atoms with E-state index in [0.717, 1.165) is 12.5 Å². The molecule has 0 aromatic carbocycles. The lowest BCUT2D eigenvalue weighted by molar-refractivity contribution is 0.240. The van der Waals surface area contributed by atoms with Crippen molar-refractivity contribution in [1.29, 1.82) is 0 Å². The molecule has 3 heteroatoms. The van der Waals surface area contributed by atoms with Crippen LogP contribution in [-0.4, -0.2) is 15.8 Å². The highest BCUT2D eigenvalue weighted by molar-refractivity contribution is 5.17. The van der Waals surface area contributed by atoms with E-state index in [2.05, 4.69) is 23.9 Å². The highest BCUT2D eigenvalue weighted by Crippen LogP contribution is 2.29. The van der Waals surface area contributed by atoms with E-state index in [1.165, 1.54) is 24.8 Å². The molecule has 1 aromatic heterocycles. The lowest BCUT2D eigenvalue weighted by atomic mass is 9.80. The van der Waals surface area contributed by atoms with Gasteiger partial charge in [0.05, 0.1) is 6.20 Å². The molecule has 1 atom stereocenters. The zero-order valence-electron chi connectivity index (χ0n) is 9.32. The summed E-state index contributed by atoms with van der Waals surface area (Å²) in [4.78, 5) is 0. The average Bonchev–Trinajstić information content (AvgIpc) is 2.59. The minimum atomic E-state index is 0.630. The van der Waals surface area contributed by atoms with Crippen LogP contribution in [0.1, 0.15) is 31.7 Å². The maximum absolute atomic E-state index is 4.15. The maximum Gasteiger partial charge on any atom is 0.0538 e. The molecule has 1 N–H and O–H groups in total. The molecule has 1 heterocycles. The van der Waals surface area contributed by atoms with Crippen molar-refractivity contribution in [2.45, 2.75) is 38.8 Å². The molecule has 1 fully saturated rings. The molecule has 0 spiro atoms. The Morgan fingerprint density at radius 3 is 3.07 bits per heavy atom. The van der Waals surface area contributed by atoms with Crippen LogP contribution in [0, 0.1) is 5.92 Å². The predicted octanol–water partition coefficient (Wildman–Crippen LogP) is 2.26. The summed E-state index contributed by atoms with van der Waals surface area (Å²) in [5.74, 6) is 0.888. The normalized spacial score (nSPS) is 18.5. The summed E-state index contributed by atoms with van der Waals surface area (Å²) >= 11 is 0. The van der Waals surface area contributed by atoms with Crippen LogP contribution in [0.2, 0.25) is 0 Å². The van der Waals surface area contributed by atoms with Gasteiger partial charge in [-0.1, -0.05) is 13.0 Å². The second-order valence-electron chi connectivity index (χ2n) is 4.37. The predicted molar refractivity (Wildman–Crippen MR) is 62.3 cm³/mol. The second kappa shape index (κ2) is 4.62. The first kappa shape index (κ1) is 10.4. The van der Waals surface area contributed by atoms with Crippen molar-refractivity contribution >= 4 is 6.20 Å². The fourth-order valence-corrected chi connectivity index (χ4v) is 1.95. The van der Waals surface area contributed by atoms with Crippen molar-refractivity contribution in [3.05, 3.63) is 24.5 Å². The first-order valence-corrected chi connectivity index (χ1v) is 5.68. The van der Waals surface area contributed by atoms with Crippen molar-refractivity contribution in [2.75, 3.05) is 0 Å². The fourth-order valence-electron chi connectivity index (χ4n) is 1.95. The van der Waals surface area contributed by atoms with Crippen LogP contribution in [0.15, 0.2) is 19.0 Å². The fraction of sp³-hybridized carbons (Fsp3) is 0.583. The number of nitrogens with zero attached hydrogens (tertiary/aromatic N) is 2. The SMILES string of the molecule is C=Cn1cc(CNC(C)C2CCC2)cn1. The van der Waals surface area contributed by atoms with Gasteiger partial charge in [0.2, 0.25) is 0 Å². The van der Waals surface area contributed by atoms with Crippen LogP contribution in [-0.2, 0) is 6.54 Å². The van der Waals surface area contributed by atoms with E-state index in [0.29, 0.717) is 6.04 Å². The van der Waals surface area contributed by atoms with E-state index in [9.17, 15) is 0 Å². The Hall–Kier alpha value is -1.09. The van der Waals surface area contributed by atoms with Gasteiger partial charge in [-0.2, -0.15) is 5.10 Å². The van der Waals surface area contributed by atoms with E-state index in [1.807, 2.05) is 12.4 Å². The van der Waals surface area contributed by atoms with E-state index in [1.54, 1.807) is 10.9 Å². The van der Waals surface area contributed by atoms with E-state index < -0.39 is 0 Å². The molecule has 1 unspecified atom stereocenters. The smallest absolute Gasteiger partial charge is 0.0538 e. The zero-order valence-corrected chi connectivity index (χ0v) is 9.32. The number of nitrogens with one attached hydrogen (secondary N) is 1. The molecule has 0 bridgehead atoms. The van der Waals surface area contributed by atoms with Gasteiger partial charge in [-0.05, 0) is 25.7 Å². The van der Waals surface area contributed by atoms with Crippen molar-refractivity contribution in [3.8, 4) is 0 Å². The van der Waals surface area contributed by atoms with Gasteiger partial charge in [-0.25, -0.2) is 4.68 Å². The largest absolute Gasteiger partial charge is 0.310 e. The topological polar surface area (TPSA) is 29.9 Å². The molecule has 15 heavy (non-hydrogen) atoms. The molecule has 82 valence electrons. The second-order valence-corrected chi connectivity index (χ2v) is 4.37. The van der Waals surface area contributed by atoms with Crippen LogP contribution in [0.4, 0.5) is 0 Å². The molecule has 2 rings (SSSR count). The van der Waals surface area contributed by atoms with Gasteiger partial charge >= 0.3 is 0 Å². The van der Waals surface area contributed by atoms with Crippen LogP contribution in [0.5, 0.6) is 0 Å². The Balaban J connectivity index is 1.78. The Morgan fingerprint density at radius 1 is 1.73 bits per heavy atom. The van der Waals surface area contributed by atoms with Crippen LogP contribution >= 0.6 is 0 Å². The molecule has 1 saturated carbocycles. The van der Waals surface area contributed by atoms with Gasteiger partial charge in [-0.3, -0.25) is 0 Å². The molecule has 0 aliphatic heterocycles. The van der Waals surface area contributed by atoms with Gasteiger partial charge in [-0.15, -0.1) is 0 Å². The van der Waals surface area contributed by atoms with Crippen LogP contribution in [0.3, 0.4) is 0 Å².